The molecule has 0 radical (unpaired) electrons. The second kappa shape index (κ2) is 10.4. The van der Waals surface area contributed by atoms with Crippen molar-refractivity contribution in [2.75, 3.05) is 39.3 Å². The molecule has 2 aliphatic heterocycles. The number of hydrogen-bond donors (Lipinski definition) is 4. The van der Waals surface area contributed by atoms with Gasteiger partial charge in [0.05, 0.1) is 24.2 Å². The number of nitrogens with zero attached hydrogens (tertiary/aromatic N) is 2. The summed E-state index contributed by atoms with van der Waals surface area (Å²) >= 11 is 0. The van der Waals surface area contributed by atoms with E-state index in [1.807, 2.05) is 12.1 Å². The van der Waals surface area contributed by atoms with E-state index in [1.165, 1.54) is 0 Å². The molecular weight excluding hydrogens is 484 g/mol. The first-order chi connectivity index (χ1) is 18.2. The maximum Gasteiger partial charge on any atom is 0.239 e. The number of fused-ring (bicyclic) bond motifs is 2. The number of rotatable bonds is 4. The molecule has 5 rings (SSSR count). The fourth-order valence-corrected chi connectivity index (χ4v) is 5.87. The van der Waals surface area contributed by atoms with Gasteiger partial charge in [-0.2, -0.15) is 0 Å². The van der Waals surface area contributed by atoms with Gasteiger partial charge in [-0.15, -0.1) is 0 Å². The van der Waals surface area contributed by atoms with Gasteiger partial charge in [0.1, 0.15) is 0 Å². The molecule has 3 aliphatic rings. The van der Waals surface area contributed by atoms with Crippen LogP contribution in [0.15, 0.2) is 36.4 Å². The van der Waals surface area contributed by atoms with Gasteiger partial charge in [0, 0.05) is 61.5 Å². The van der Waals surface area contributed by atoms with Gasteiger partial charge in [0.15, 0.2) is 11.6 Å². The summed E-state index contributed by atoms with van der Waals surface area (Å²) < 4.78 is 0. The number of carbonyl (C=O) groups excluding carboxylic acids is 4. The summed E-state index contributed by atoms with van der Waals surface area (Å²) in [6.45, 7) is 6.34. The molecular formula is C28H34N6O4. The maximum atomic E-state index is 14.1. The fraction of sp³-hybridized carbons (Fsp3) is 0.429. The number of amides is 2. The highest BCUT2D eigenvalue weighted by Crippen LogP contribution is 2.38. The Hall–Kier alpha value is -3.44. The second-order valence-electron chi connectivity index (χ2n) is 10.3. The Morgan fingerprint density at radius 3 is 1.53 bits per heavy atom. The Morgan fingerprint density at radius 2 is 1.16 bits per heavy atom. The molecule has 10 nitrogen and oxygen atoms in total. The lowest BCUT2D eigenvalue weighted by Gasteiger charge is -2.40. The normalized spacial score (nSPS) is 22.9. The fourth-order valence-electron chi connectivity index (χ4n) is 5.87. The molecule has 2 unspecified atom stereocenters. The monoisotopic (exact) mass is 518 g/mol. The van der Waals surface area contributed by atoms with Gasteiger partial charge in [-0.25, -0.2) is 0 Å². The van der Waals surface area contributed by atoms with E-state index >= 15 is 0 Å². The molecule has 2 fully saturated rings. The molecule has 200 valence electrons. The summed E-state index contributed by atoms with van der Waals surface area (Å²) in [5, 5.41) is 6.60. The predicted molar refractivity (Wildman–Crippen MR) is 142 cm³/mol. The van der Waals surface area contributed by atoms with Crippen molar-refractivity contribution >= 4 is 23.4 Å². The Bertz CT molecular complexity index is 1210. The molecule has 2 heterocycles. The SMILES string of the molecule is C[C@H](N)C(=O)N1CCNCC1c1cccc2c1C(=O)c1cccc(C3CNCCN3C(=O)[C@H](C)N)c1C2=O. The van der Waals surface area contributed by atoms with Crippen molar-refractivity contribution in [2.45, 2.75) is 38.0 Å². The van der Waals surface area contributed by atoms with Gasteiger partial charge < -0.3 is 31.9 Å². The molecule has 10 heteroatoms. The summed E-state index contributed by atoms with van der Waals surface area (Å²) in [6.07, 6.45) is 0. The molecule has 0 saturated carbocycles. The minimum Gasteiger partial charge on any atom is -0.332 e. The Labute approximate surface area is 221 Å². The Balaban J connectivity index is 1.60. The number of hydrogen-bond acceptors (Lipinski definition) is 8. The second-order valence-corrected chi connectivity index (χ2v) is 10.3. The predicted octanol–water partition coefficient (Wildman–Crippen LogP) is 0.102. The van der Waals surface area contributed by atoms with Gasteiger partial charge in [-0.05, 0) is 25.0 Å². The number of carbonyl (C=O) groups is 4. The van der Waals surface area contributed by atoms with Gasteiger partial charge in [0.2, 0.25) is 11.8 Å². The van der Waals surface area contributed by atoms with Gasteiger partial charge in [-0.1, -0.05) is 36.4 Å². The van der Waals surface area contributed by atoms with E-state index in [1.54, 1.807) is 47.9 Å². The molecule has 0 aromatic heterocycles. The standard InChI is InChI=1S/C28H34N6O4/c1-15(29)27(37)33-11-9-31-13-21(33)17-5-3-7-19-23(17)25(35)20-8-4-6-18(24(20)26(19)36)22-14-32-10-12-34(22)28(38)16(2)30/h3-8,15-16,21-22,31-32H,9-14,29-30H2,1-2H3/t15-,16-,21?,22?/m0/s1. The van der Waals surface area contributed by atoms with Crippen molar-refractivity contribution in [3.63, 3.8) is 0 Å². The zero-order chi connectivity index (χ0) is 27.1. The quantitative estimate of drug-likeness (QED) is 0.380. The summed E-state index contributed by atoms with van der Waals surface area (Å²) in [6, 6.07) is 8.24. The molecule has 2 aromatic rings. The summed E-state index contributed by atoms with van der Waals surface area (Å²) in [5.74, 6) is -0.926. The highest BCUT2D eigenvalue weighted by atomic mass is 16.2. The third-order valence-electron chi connectivity index (χ3n) is 7.69. The van der Waals surface area contributed by atoms with Crippen molar-refractivity contribution in [1.82, 2.24) is 20.4 Å². The van der Waals surface area contributed by atoms with Crippen LogP contribution < -0.4 is 22.1 Å². The molecule has 2 saturated heterocycles. The van der Waals surface area contributed by atoms with Gasteiger partial charge >= 0.3 is 0 Å². The number of benzene rings is 2. The largest absolute Gasteiger partial charge is 0.332 e. The lowest BCUT2D eigenvalue weighted by molar-refractivity contribution is -0.136. The van der Waals surface area contributed by atoms with E-state index in [0.29, 0.717) is 72.6 Å². The molecule has 1 aliphatic carbocycles. The minimum absolute atomic E-state index is 0.199. The van der Waals surface area contributed by atoms with Crippen LogP contribution in [0.3, 0.4) is 0 Å². The average molecular weight is 519 g/mol. The lowest BCUT2D eigenvalue weighted by atomic mass is 9.77. The average Bonchev–Trinajstić information content (AvgIpc) is 2.94. The maximum absolute atomic E-state index is 14.1. The third-order valence-corrected chi connectivity index (χ3v) is 7.69. The molecule has 2 aromatic carbocycles. The number of nitrogens with two attached hydrogens (primary N) is 2. The van der Waals surface area contributed by atoms with Crippen LogP contribution in [-0.4, -0.2) is 84.5 Å². The molecule has 38 heavy (non-hydrogen) atoms. The van der Waals surface area contributed by atoms with E-state index < -0.39 is 24.2 Å². The highest BCUT2D eigenvalue weighted by molar-refractivity contribution is 6.29. The Kier molecular flexibility index (Phi) is 7.15. The van der Waals surface area contributed by atoms with Crippen molar-refractivity contribution in [2.24, 2.45) is 11.5 Å². The molecule has 4 atom stereocenters. The van der Waals surface area contributed by atoms with Crippen LogP contribution in [0.4, 0.5) is 0 Å². The first kappa shape index (κ1) is 26.2. The summed E-state index contributed by atoms with van der Waals surface area (Å²) in [5.41, 5.74) is 14.4. The number of piperazine rings is 2. The zero-order valence-corrected chi connectivity index (χ0v) is 21.7. The third kappa shape index (κ3) is 4.33. The van der Waals surface area contributed by atoms with E-state index in [2.05, 4.69) is 10.6 Å². The van der Waals surface area contributed by atoms with Crippen LogP contribution in [-0.2, 0) is 9.59 Å². The smallest absolute Gasteiger partial charge is 0.239 e. The Morgan fingerprint density at radius 1 is 0.763 bits per heavy atom. The van der Waals surface area contributed by atoms with E-state index in [9.17, 15) is 19.2 Å². The molecule has 0 bridgehead atoms. The van der Waals surface area contributed by atoms with E-state index in [4.69, 9.17) is 11.5 Å². The summed E-state index contributed by atoms with van der Waals surface area (Å²) in [4.78, 5) is 57.4. The van der Waals surface area contributed by atoms with Crippen LogP contribution in [0, 0.1) is 0 Å². The number of ketones is 2. The van der Waals surface area contributed by atoms with Crippen LogP contribution in [0.25, 0.3) is 0 Å². The van der Waals surface area contributed by atoms with E-state index in [0.717, 1.165) is 0 Å². The highest BCUT2D eigenvalue weighted by Gasteiger charge is 2.40. The van der Waals surface area contributed by atoms with Crippen molar-refractivity contribution in [3.05, 3.63) is 69.8 Å². The van der Waals surface area contributed by atoms with Gasteiger partial charge in [0.25, 0.3) is 0 Å². The molecule has 0 spiro atoms. The van der Waals surface area contributed by atoms with Crippen LogP contribution in [0.1, 0.15) is 68.9 Å². The van der Waals surface area contributed by atoms with Gasteiger partial charge in [-0.3, -0.25) is 19.2 Å². The molecule has 6 N–H and O–H groups in total. The topological polar surface area (TPSA) is 151 Å². The van der Waals surface area contributed by atoms with Crippen LogP contribution in [0.5, 0.6) is 0 Å². The summed E-state index contributed by atoms with van der Waals surface area (Å²) in [7, 11) is 0. The van der Waals surface area contributed by atoms with E-state index in [-0.39, 0.29) is 23.4 Å². The zero-order valence-electron chi connectivity index (χ0n) is 21.7. The minimum atomic E-state index is -0.679. The van der Waals surface area contributed by atoms with Crippen molar-refractivity contribution in [1.29, 1.82) is 0 Å². The van der Waals surface area contributed by atoms with Crippen LogP contribution in [0.2, 0.25) is 0 Å². The molecule has 2 amide bonds. The first-order valence-electron chi connectivity index (χ1n) is 13.1. The van der Waals surface area contributed by atoms with Crippen molar-refractivity contribution < 1.29 is 19.2 Å². The first-order valence-corrected chi connectivity index (χ1v) is 13.1. The van der Waals surface area contributed by atoms with Crippen molar-refractivity contribution in [3.8, 4) is 0 Å². The van der Waals surface area contributed by atoms with Crippen LogP contribution >= 0.6 is 0 Å². The lowest BCUT2D eigenvalue weighted by Crippen LogP contribution is -2.53. The number of nitrogens with one attached hydrogen (secondary N) is 2.